The number of ether oxygens (including phenoxy) is 1. The van der Waals surface area contributed by atoms with E-state index in [2.05, 4.69) is 10.6 Å². The summed E-state index contributed by atoms with van der Waals surface area (Å²) in [6, 6.07) is 9.40. The summed E-state index contributed by atoms with van der Waals surface area (Å²) in [4.78, 5) is 37.0. The fourth-order valence-electron chi connectivity index (χ4n) is 2.44. The molecule has 0 aliphatic rings. The third-order valence-electron chi connectivity index (χ3n) is 4.10. The lowest BCUT2D eigenvalue weighted by atomic mass is 10.0. The summed E-state index contributed by atoms with van der Waals surface area (Å²) in [7, 11) is 0. The Morgan fingerprint density at radius 2 is 1.55 bits per heavy atom. The van der Waals surface area contributed by atoms with Crippen molar-refractivity contribution >= 4 is 23.5 Å². The molecule has 2 amide bonds. The molecular formula is C21H22F2N2O4. The molecule has 0 fully saturated rings. The van der Waals surface area contributed by atoms with Gasteiger partial charge in [-0.3, -0.25) is 9.59 Å². The third kappa shape index (κ3) is 6.10. The lowest BCUT2D eigenvalue weighted by Crippen LogP contribution is -2.47. The van der Waals surface area contributed by atoms with Crippen LogP contribution in [0.5, 0.6) is 0 Å². The van der Waals surface area contributed by atoms with Gasteiger partial charge in [0.05, 0.1) is 5.56 Å². The number of halogens is 2. The molecule has 154 valence electrons. The largest absolute Gasteiger partial charge is 0.451 e. The fourth-order valence-corrected chi connectivity index (χ4v) is 2.44. The molecule has 2 aromatic rings. The van der Waals surface area contributed by atoms with Crippen LogP contribution in [0.25, 0.3) is 0 Å². The topological polar surface area (TPSA) is 84.5 Å². The molecule has 0 saturated heterocycles. The van der Waals surface area contributed by atoms with E-state index in [1.807, 2.05) is 0 Å². The van der Waals surface area contributed by atoms with Crippen LogP contribution < -0.4 is 10.6 Å². The van der Waals surface area contributed by atoms with Crippen molar-refractivity contribution in [2.24, 2.45) is 5.92 Å². The van der Waals surface area contributed by atoms with Gasteiger partial charge in [0.2, 0.25) is 0 Å². The Kier molecular flexibility index (Phi) is 7.41. The second kappa shape index (κ2) is 9.77. The standard InChI is InChI=1S/C21H22F2N2O4/c1-12(2)18(25-20(27)16-6-4-5-7-17(16)23)21(28)29-13(3)19(26)24-15-10-8-14(22)9-11-15/h4-13,18H,1-3H3,(H,24,26)(H,25,27)/t13-,18+/m1/s1. The van der Waals surface area contributed by atoms with E-state index in [0.717, 1.165) is 6.07 Å². The van der Waals surface area contributed by atoms with Crippen LogP contribution in [0.1, 0.15) is 31.1 Å². The molecule has 2 rings (SSSR count). The lowest BCUT2D eigenvalue weighted by Gasteiger charge is -2.23. The molecule has 0 unspecified atom stereocenters. The smallest absolute Gasteiger partial charge is 0.329 e. The molecule has 29 heavy (non-hydrogen) atoms. The van der Waals surface area contributed by atoms with Crippen LogP contribution in [0.15, 0.2) is 48.5 Å². The minimum absolute atomic E-state index is 0.201. The van der Waals surface area contributed by atoms with E-state index in [1.54, 1.807) is 13.8 Å². The van der Waals surface area contributed by atoms with Crippen molar-refractivity contribution in [3.63, 3.8) is 0 Å². The van der Waals surface area contributed by atoms with Crippen LogP contribution >= 0.6 is 0 Å². The van der Waals surface area contributed by atoms with Crippen LogP contribution in [0.3, 0.4) is 0 Å². The maximum Gasteiger partial charge on any atom is 0.329 e. The summed E-state index contributed by atoms with van der Waals surface area (Å²) >= 11 is 0. The zero-order valence-corrected chi connectivity index (χ0v) is 16.2. The molecule has 8 heteroatoms. The molecule has 0 bridgehead atoms. The Balaban J connectivity index is 2.01. The van der Waals surface area contributed by atoms with Gasteiger partial charge in [0.25, 0.3) is 11.8 Å². The highest BCUT2D eigenvalue weighted by Gasteiger charge is 2.29. The van der Waals surface area contributed by atoms with Gasteiger partial charge in [-0.2, -0.15) is 0 Å². The molecule has 2 atom stereocenters. The zero-order valence-electron chi connectivity index (χ0n) is 16.2. The molecule has 0 radical (unpaired) electrons. The van der Waals surface area contributed by atoms with Crippen molar-refractivity contribution in [1.82, 2.24) is 5.32 Å². The van der Waals surface area contributed by atoms with Crippen LogP contribution in [0.4, 0.5) is 14.5 Å². The Morgan fingerprint density at radius 1 is 0.931 bits per heavy atom. The van der Waals surface area contributed by atoms with Crippen molar-refractivity contribution in [2.75, 3.05) is 5.32 Å². The first-order valence-electron chi connectivity index (χ1n) is 9.01. The van der Waals surface area contributed by atoms with Gasteiger partial charge in [-0.05, 0) is 49.2 Å². The number of rotatable bonds is 7. The van der Waals surface area contributed by atoms with Crippen molar-refractivity contribution in [3.05, 3.63) is 65.7 Å². The molecule has 0 aliphatic heterocycles. The Hall–Kier alpha value is -3.29. The lowest BCUT2D eigenvalue weighted by molar-refractivity contribution is -0.156. The van der Waals surface area contributed by atoms with E-state index in [1.165, 1.54) is 49.4 Å². The van der Waals surface area contributed by atoms with E-state index in [0.29, 0.717) is 5.69 Å². The van der Waals surface area contributed by atoms with Gasteiger partial charge in [0.1, 0.15) is 17.7 Å². The molecular weight excluding hydrogens is 382 g/mol. The van der Waals surface area contributed by atoms with Crippen molar-refractivity contribution in [1.29, 1.82) is 0 Å². The average Bonchev–Trinajstić information content (AvgIpc) is 2.67. The maximum absolute atomic E-state index is 13.8. The van der Waals surface area contributed by atoms with Gasteiger partial charge in [-0.25, -0.2) is 13.6 Å². The SMILES string of the molecule is CC(C)[C@H](NC(=O)c1ccccc1F)C(=O)O[C@H](C)C(=O)Nc1ccc(F)cc1. The van der Waals surface area contributed by atoms with Crippen molar-refractivity contribution in [3.8, 4) is 0 Å². The number of anilines is 1. The number of nitrogens with one attached hydrogen (secondary N) is 2. The summed E-state index contributed by atoms with van der Waals surface area (Å²) in [5.41, 5.74) is 0.139. The van der Waals surface area contributed by atoms with E-state index in [-0.39, 0.29) is 11.5 Å². The second-order valence-corrected chi connectivity index (χ2v) is 6.75. The van der Waals surface area contributed by atoms with Crippen molar-refractivity contribution < 1.29 is 27.9 Å². The van der Waals surface area contributed by atoms with E-state index >= 15 is 0 Å². The van der Waals surface area contributed by atoms with Crippen LogP contribution in [0, 0.1) is 17.6 Å². The number of carbonyl (C=O) groups excluding carboxylic acids is 3. The molecule has 0 saturated carbocycles. The summed E-state index contributed by atoms with van der Waals surface area (Å²) < 4.78 is 31.9. The monoisotopic (exact) mass is 404 g/mol. The van der Waals surface area contributed by atoms with E-state index < -0.39 is 41.6 Å². The summed E-state index contributed by atoms with van der Waals surface area (Å²) in [6.07, 6.45) is -1.17. The van der Waals surface area contributed by atoms with Gasteiger partial charge in [0.15, 0.2) is 6.10 Å². The maximum atomic E-state index is 13.8. The third-order valence-corrected chi connectivity index (χ3v) is 4.10. The molecule has 6 nitrogen and oxygen atoms in total. The number of hydrogen-bond donors (Lipinski definition) is 2. The first kappa shape index (κ1) is 22.0. The van der Waals surface area contributed by atoms with Crippen LogP contribution in [0.2, 0.25) is 0 Å². The van der Waals surface area contributed by atoms with Gasteiger partial charge in [0, 0.05) is 5.69 Å². The number of benzene rings is 2. The fraction of sp³-hybridized carbons (Fsp3) is 0.286. The van der Waals surface area contributed by atoms with Crippen molar-refractivity contribution in [2.45, 2.75) is 32.9 Å². The second-order valence-electron chi connectivity index (χ2n) is 6.75. The molecule has 0 aliphatic carbocycles. The molecule has 0 spiro atoms. The highest BCUT2D eigenvalue weighted by molar-refractivity contribution is 5.98. The number of carbonyl (C=O) groups is 3. The predicted molar refractivity (Wildman–Crippen MR) is 103 cm³/mol. The number of amides is 2. The van der Waals surface area contributed by atoms with E-state index in [9.17, 15) is 23.2 Å². The normalized spacial score (nSPS) is 12.8. The first-order chi connectivity index (χ1) is 13.7. The number of esters is 1. The Morgan fingerprint density at radius 3 is 2.14 bits per heavy atom. The Labute approximate surface area is 167 Å². The average molecular weight is 404 g/mol. The van der Waals surface area contributed by atoms with E-state index in [4.69, 9.17) is 4.74 Å². The van der Waals surface area contributed by atoms with Gasteiger partial charge in [-0.1, -0.05) is 26.0 Å². The molecule has 0 heterocycles. The molecule has 0 aromatic heterocycles. The summed E-state index contributed by atoms with van der Waals surface area (Å²) in [5.74, 6) is -3.74. The van der Waals surface area contributed by atoms with Crippen LogP contribution in [-0.2, 0) is 14.3 Å². The van der Waals surface area contributed by atoms with Crippen LogP contribution in [-0.4, -0.2) is 29.9 Å². The minimum Gasteiger partial charge on any atom is -0.451 e. The molecule has 2 N–H and O–H groups in total. The van der Waals surface area contributed by atoms with Gasteiger partial charge >= 0.3 is 5.97 Å². The molecule has 2 aromatic carbocycles. The minimum atomic E-state index is -1.17. The summed E-state index contributed by atoms with van der Waals surface area (Å²) in [5, 5.41) is 4.94. The summed E-state index contributed by atoms with van der Waals surface area (Å²) in [6.45, 7) is 4.72. The Bertz CT molecular complexity index is 885. The predicted octanol–water partition coefficient (Wildman–Crippen LogP) is 3.29. The highest BCUT2D eigenvalue weighted by Crippen LogP contribution is 2.12. The number of hydrogen-bond acceptors (Lipinski definition) is 4. The highest BCUT2D eigenvalue weighted by atomic mass is 19.1. The first-order valence-corrected chi connectivity index (χ1v) is 9.01. The van der Waals surface area contributed by atoms with Gasteiger partial charge < -0.3 is 15.4 Å². The quantitative estimate of drug-likeness (QED) is 0.694. The zero-order chi connectivity index (χ0) is 21.6. The van der Waals surface area contributed by atoms with Gasteiger partial charge in [-0.15, -0.1) is 0 Å².